The lowest BCUT2D eigenvalue weighted by atomic mass is 10.0. The summed E-state index contributed by atoms with van der Waals surface area (Å²) < 4.78 is 28.2. The summed E-state index contributed by atoms with van der Waals surface area (Å²) in [5, 5.41) is 2.09. The molecule has 0 saturated heterocycles. The number of hydrogen-bond acceptors (Lipinski definition) is 2. The maximum Gasteiger partial charge on any atom is 0.144 e. The van der Waals surface area contributed by atoms with Gasteiger partial charge in [0.25, 0.3) is 0 Å². The molecule has 5 heteroatoms. The lowest BCUT2D eigenvalue weighted by Gasteiger charge is -2.33. The fourth-order valence-corrected chi connectivity index (χ4v) is 4.03. The van der Waals surface area contributed by atoms with Crippen LogP contribution in [0.4, 0.5) is 8.78 Å². The molecule has 0 radical (unpaired) electrons. The van der Waals surface area contributed by atoms with E-state index in [2.05, 4.69) is 39.2 Å². The molecule has 1 nitrogen and oxygen atoms in total. The predicted octanol–water partition coefficient (Wildman–Crippen LogP) is 4.91. The van der Waals surface area contributed by atoms with Gasteiger partial charge in [-0.15, -0.1) is 11.3 Å². The van der Waals surface area contributed by atoms with Gasteiger partial charge >= 0.3 is 0 Å². The zero-order chi connectivity index (χ0) is 14.3. The van der Waals surface area contributed by atoms with Crippen molar-refractivity contribution in [3.63, 3.8) is 0 Å². The van der Waals surface area contributed by atoms with Gasteiger partial charge in [0.05, 0.1) is 4.47 Å². The van der Waals surface area contributed by atoms with Crippen LogP contribution < -0.4 is 0 Å². The summed E-state index contributed by atoms with van der Waals surface area (Å²) in [7, 11) is 0. The summed E-state index contributed by atoms with van der Waals surface area (Å²) in [6, 6.07) is 5.03. The molecule has 0 amide bonds. The van der Waals surface area contributed by atoms with E-state index in [0.717, 1.165) is 13.0 Å². The topological polar surface area (TPSA) is 3.24 Å². The molecule has 2 aromatic rings. The molecule has 3 rings (SSSR count). The first-order valence-corrected chi connectivity index (χ1v) is 8.18. The average Bonchev–Trinajstić information content (AvgIpc) is 2.91. The Hall–Kier alpha value is -0.780. The zero-order valence-corrected chi connectivity index (χ0v) is 13.4. The van der Waals surface area contributed by atoms with Gasteiger partial charge in [0.15, 0.2) is 0 Å². The number of halogens is 3. The van der Waals surface area contributed by atoms with E-state index in [1.807, 2.05) is 0 Å². The third-order valence-corrected chi connectivity index (χ3v) is 5.51. The van der Waals surface area contributed by atoms with E-state index in [9.17, 15) is 8.78 Å². The molecule has 1 aliphatic heterocycles. The van der Waals surface area contributed by atoms with Crippen molar-refractivity contribution in [2.75, 3.05) is 6.54 Å². The molecular formula is C15H14BrF2NS. The van der Waals surface area contributed by atoms with Crippen LogP contribution in [-0.4, -0.2) is 11.4 Å². The predicted molar refractivity (Wildman–Crippen MR) is 80.9 cm³/mol. The number of benzene rings is 1. The van der Waals surface area contributed by atoms with Crippen LogP contribution in [-0.2, 0) is 13.0 Å². The lowest BCUT2D eigenvalue weighted by Crippen LogP contribution is -2.33. The van der Waals surface area contributed by atoms with Gasteiger partial charge in [-0.25, -0.2) is 8.78 Å². The molecule has 0 fully saturated rings. The molecule has 1 atom stereocenters. The number of rotatable bonds is 2. The minimum absolute atomic E-state index is 0.143. The fourth-order valence-electron chi connectivity index (χ4n) is 2.69. The molecule has 0 bridgehead atoms. The van der Waals surface area contributed by atoms with Gasteiger partial charge in [0.2, 0.25) is 0 Å². The van der Waals surface area contributed by atoms with E-state index in [1.54, 1.807) is 11.3 Å². The van der Waals surface area contributed by atoms with Crippen LogP contribution >= 0.6 is 27.3 Å². The van der Waals surface area contributed by atoms with Crippen molar-refractivity contribution < 1.29 is 8.78 Å². The second-order valence-corrected chi connectivity index (χ2v) is 6.87. The van der Waals surface area contributed by atoms with Gasteiger partial charge in [-0.1, -0.05) is 0 Å². The van der Waals surface area contributed by atoms with Crippen molar-refractivity contribution in [2.24, 2.45) is 0 Å². The summed E-state index contributed by atoms with van der Waals surface area (Å²) in [5.41, 5.74) is 1.43. The van der Waals surface area contributed by atoms with E-state index in [1.165, 1.54) is 22.6 Å². The highest BCUT2D eigenvalue weighted by molar-refractivity contribution is 9.10. The minimum Gasteiger partial charge on any atom is -0.292 e. The minimum atomic E-state index is -0.492. The molecule has 20 heavy (non-hydrogen) atoms. The normalized spacial score (nSPS) is 19.1. The molecule has 0 saturated carbocycles. The van der Waals surface area contributed by atoms with Gasteiger partial charge in [0, 0.05) is 29.6 Å². The van der Waals surface area contributed by atoms with E-state index in [4.69, 9.17) is 0 Å². The van der Waals surface area contributed by atoms with Crippen LogP contribution in [0.25, 0.3) is 0 Å². The third kappa shape index (κ3) is 2.43. The molecule has 1 aromatic heterocycles. The van der Waals surface area contributed by atoms with E-state index >= 15 is 0 Å². The van der Waals surface area contributed by atoms with E-state index < -0.39 is 11.6 Å². The molecular weight excluding hydrogens is 344 g/mol. The van der Waals surface area contributed by atoms with Gasteiger partial charge in [0.1, 0.15) is 11.6 Å². The Bertz CT molecular complexity index is 641. The molecule has 1 aromatic carbocycles. The van der Waals surface area contributed by atoms with Crippen LogP contribution in [0.5, 0.6) is 0 Å². The Morgan fingerprint density at radius 1 is 1.35 bits per heavy atom. The molecule has 0 N–H and O–H groups in total. The van der Waals surface area contributed by atoms with Crippen molar-refractivity contribution in [3.8, 4) is 0 Å². The fraction of sp³-hybridized carbons (Fsp3) is 0.333. The Morgan fingerprint density at radius 3 is 2.95 bits per heavy atom. The molecule has 2 heterocycles. The van der Waals surface area contributed by atoms with Crippen molar-refractivity contribution in [1.82, 2.24) is 4.90 Å². The average molecular weight is 358 g/mol. The standard InChI is InChI=1S/C15H14BrF2NS/c1-9-10-5-7-20-14(10)4-6-19(9)8-11-13(17)3-2-12(16)15(11)18/h2-3,5,7,9H,4,6,8H2,1H3. The summed E-state index contributed by atoms with van der Waals surface area (Å²) in [5.74, 6) is -0.970. The number of thiophene rings is 1. The first-order valence-electron chi connectivity index (χ1n) is 6.50. The SMILES string of the molecule is CC1c2ccsc2CCN1Cc1c(F)ccc(Br)c1F. The summed E-state index contributed by atoms with van der Waals surface area (Å²) >= 11 is 4.89. The van der Waals surface area contributed by atoms with Gasteiger partial charge in [-0.05, 0) is 58.4 Å². The monoisotopic (exact) mass is 357 g/mol. The summed E-state index contributed by atoms with van der Waals surface area (Å²) in [6.07, 6.45) is 0.953. The Balaban J connectivity index is 1.88. The van der Waals surface area contributed by atoms with Crippen molar-refractivity contribution in [2.45, 2.75) is 25.9 Å². The van der Waals surface area contributed by atoms with Crippen LogP contribution in [0.2, 0.25) is 0 Å². The zero-order valence-electron chi connectivity index (χ0n) is 11.0. The quantitative estimate of drug-likeness (QED) is 0.690. The highest BCUT2D eigenvalue weighted by Gasteiger charge is 2.26. The van der Waals surface area contributed by atoms with E-state index in [0.29, 0.717) is 11.0 Å². The molecule has 0 spiro atoms. The second kappa shape index (κ2) is 5.54. The molecule has 0 aliphatic carbocycles. The van der Waals surface area contributed by atoms with Gasteiger partial charge in [-0.2, -0.15) is 0 Å². The van der Waals surface area contributed by atoms with Crippen molar-refractivity contribution >= 4 is 27.3 Å². The van der Waals surface area contributed by atoms with Crippen LogP contribution in [0.15, 0.2) is 28.1 Å². The number of hydrogen-bond donors (Lipinski definition) is 0. The second-order valence-electron chi connectivity index (χ2n) is 5.02. The summed E-state index contributed by atoms with van der Waals surface area (Å²) in [4.78, 5) is 3.52. The first kappa shape index (κ1) is 14.2. The van der Waals surface area contributed by atoms with Gasteiger partial charge in [-0.3, -0.25) is 4.90 Å². The Morgan fingerprint density at radius 2 is 2.15 bits per heavy atom. The lowest BCUT2D eigenvalue weighted by molar-refractivity contribution is 0.186. The summed E-state index contributed by atoms with van der Waals surface area (Å²) in [6.45, 7) is 3.23. The van der Waals surface area contributed by atoms with E-state index in [-0.39, 0.29) is 11.6 Å². The highest BCUT2D eigenvalue weighted by atomic mass is 79.9. The van der Waals surface area contributed by atoms with Crippen molar-refractivity contribution in [1.29, 1.82) is 0 Å². The number of fused-ring (bicyclic) bond motifs is 1. The molecule has 106 valence electrons. The Labute approximate surface area is 129 Å². The smallest absolute Gasteiger partial charge is 0.144 e. The van der Waals surface area contributed by atoms with Crippen LogP contribution in [0, 0.1) is 11.6 Å². The third-order valence-electron chi connectivity index (χ3n) is 3.90. The van der Waals surface area contributed by atoms with Crippen molar-refractivity contribution in [3.05, 3.63) is 55.7 Å². The molecule has 1 unspecified atom stereocenters. The van der Waals surface area contributed by atoms with Crippen LogP contribution in [0.3, 0.4) is 0 Å². The Kier molecular flexibility index (Phi) is 3.93. The van der Waals surface area contributed by atoms with Gasteiger partial charge < -0.3 is 0 Å². The maximum absolute atomic E-state index is 14.1. The number of nitrogens with zero attached hydrogens (tertiary/aromatic N) is 1. The highest BCUT2D eigenvalue weighted by Crippen LogP contribution is 2.34. The largest absolute Gasteiger partial charge is 0.292 e. The maximum atomic E-state index is 14.1. The van der Waals surface area contributed by atoms with Crippen LogP contribution in [0.1, 0.15) is 29.0 Å². The molecule has 1 aliphatic rings. The first-order chi connectivity index (χ1) is 9.58.